The first-order chi connectivity index (χ1) is 13.1. The van der Waals surface area contributed by atoms with Crippen molar-refractivity contribution < 1.29 is 0 Å². The number of fused-ring (bicyclic) bond motifs is 1. The summed E-state index contributed by atoms with van der Waals surface area (Å²) in [6.07, 6.45) is 1.62. The maximum Gasteiger partial charge on any atom is 0.265 e. The Hall–Kier alpha value is -3.21. The minimum Gasteiger partial charge on any atom is -0.288 e. The molecule has 0 saturated carbocycles. The molecule has 0 spiro atoms. The van der Waals surface area contributed by atoms with Gasteiger partial charge in [0.2, 0.25) is 0 Å². The zero-order chi connectivity index (χ0) is 19.0. The van der Waals surface area contributed by atoms with Gasteiger partial charge in [-0.1, -0.05) is 62.4 Å². The van der Waals surface area contributed by atoms with Crippen molar-refractivity contribution in [2.75, 3.05) is 0 Å². The highest BCUT2D eigenvalue weighted by molar-refractivity contribution is 5.75. The van der Waals surface area contributed by atoms with Gasteiger partial charge in [-0.2, -0.15) is 5.10 Å². The molecule has 0 saturated heterocycles. The van der Waals surface area contributed by atoms with E-state index in [4.69, 9.17) is 4.98 Å². The summed E-state index contributed by atoms with van der Waals surface area (Å²) >= 11 is 0. The van der Waals surface area contributed by atoms with Gasteiger partial charge >= 0.3 is 0 Å². The van der Waals surface area contributed by atoms with Crippen LogP contribution in [0, 0.1) is 0 Å². The van der Waals surface area contributed by atoms with Crippen molar-refractivity contribution in [3.63, 3.8) is 0 Å². The van der Waals surface area contributed by atoms with Crippen molar-refractivity contribution in [3.8, 4) is 5.69 Å². The SMILES string of the molecule is CC(C)c1nc2c(cnn2-c2ccccc2)c(=O)n1[C@@H](C)c1ccccc1. The number of para-hydroxylation sites is 1. The number of rotatable bonds is 4. The Morgan fingerprint density at radius 2 is 1.52 bits per heavy atom. The largest absolute Gasteiger partial charge is 0.288 e. The maximum atomic E-state index is 13.4. The number of hydrogen-bond acceptors (Lipinski definition) is 3. The molecule has 5 heteroatoms. The Bertz CT molecular complexity index is 1130. The molecule has 2 heterocycles. The lowest BCUT2D eigenvalue weighted by atomic mass is 10.1. The summed E-state index contributed by atoms with van der Waals surface area (Å²) in [5, 5.41) is 4.97. The third-order valence-electron chi connectivity index (χ3n) is 4.85. The molecule has 0 aliphatic heterocycles. The second-order valence-corrected chi connectivity index (χ2v) is 7.02. The average Bonchev–Trinajstić information content (AvgIpc) is 3.13. The molecule has 0 bridgehead atoms. The van der Waals surface area contributed by atoms with Crippen LogP contribution in [-0.4, -0.2) is 19.3 Å². The number of hydrogen-bond donors (Lipinski definition) is 0. The highest BCUT2D eigenvalue weighted by Gasteiger charge is 2.21. The summed E-state index contributed by atoms with van der Waals surface area (Å²) in [7, 11) is 0. The average molecular weight is 358 g/mol. The Balaban J connectivity index is 1.97. The molecule has 0 aliphatic carbocycles. The van der Waals surface area contributed by atoms with Crippen LogP contribution >= 0.6 is 0 Å². The minimum absolute atomic E-state index is 0.0535. The van der Waals surface area contributed by atoms with Crippen molar-refractivity contribution in [2.24, 2.45) is 0 Å². The van der Waals surface area contributed by atoms with Crippen LogP contribution in [0.25, 0.3) is 16.7 Å². The second kappa shape index (κ2) is 6.83. The molecule has 4 rings (SSSR count). The van der Waals surface area contributed by atoms with Crippen LogP contribution in [0.2, 0.25) is 0 Å². The number of aromatic nitrogens is 4. The van der Waals surface area contributed by atoms with Crippen LogP contribution in [0.3, 0.4) is 0 Å². The first kappa shape index (κ1) is 17.2. The van der Waals surface area contributed by atoms with Crippen molar-refractivity contribution in [1.29, 1.82) is 0 Å². The zero-order valence-electron chi connectivity index (χ0n) is 15.7. The summed E-state index contributed by atoms with van der Waals surface area (Å²) in [5.74, 6) is 0.869. The van der Waals surface area contributed by atoms with Gasteiger partial charge in [-0.25, -0.2) is 9.67 Å². The van der Waals surface area contributed by atoms with Gasteiger partial charge in [0.1, 0.15) is 11.2 Å². The van der Waals surface area contributed by atoms with Crippen molar-refractivity contribution in [2.45, 2.75) is 32.7 Å². The highest BCUT2D eigenvalue weighted by Crippen LogP contribution is 2.24. The predicted octanol–water partition coefficient (Wildman–Crippen LogP) is 4.31. The molecule has 1 atom stereocenters. The van der Waals surface area contributed by atoms with E-state index in [0.29, 0.717) is 11.0 Å². The fourth-order valence-corrected chi connectivity index (χ4v) is 3.42. The lowest BCUT2D eigenvalue weighted by Gasteiger charge is -2.21. The molecular formula is C22H22N4O. The van der Waals surface area contributed by atoms with E-state index in [2.05, 4.69) is 18.9 Å². The third kappa shape index (κ3) is 2.95. The standard InChI is InChI=1S/C22H22N4O/c1-15(2)20-24-21-19(14-23-26(21)18-12-8-5-9-13-18)22(27)25(20)16(3)17-10-6-4-7-11-17/h4-16H,1-3H3/t16-/m0/s1. The Morgan fingerprint density at radius 3 is 2.15 bits per heavy atom. The lowest BCUT2D eigenvalue weighted by molar-refractivity contribution is 0.548. The third-order valence-corrected chi connectivity index (χ3v) is 4.85. The molecular weight excluding hydrogens is 336 g/mol. The topological polar surface area (TPSA) is 52.7 Å². The van der Waals surface area contributed by atoms with E-state index in [9.17, 15) is 4.79 Å². The van der Waals surface area contributed by atoms with Crippen molar-refractivity contribution in [1.82, 2.24) is 19.3 Å². The lowest BCUT2D eigenvalue weighted by Crippen LogP contribution is -2.29. The van der Waals surface area contributed by atoms with Gasteiger partial charge in [0.25, 0.3) is 5.56 Å². The minimum atomic E-state index is -0.104. The van der Waals surface area contributed by atoms with E-state index in [1.807, 2.05) is 67.6 Å². The summed E-state index contributed by atoms with van der Waals surface area (Å²) in [6, 6.07) is 19.7. The summed E-state index contributed by atoms with van der Waals surface area (Å²) in [5.41, 5.74) is 2.52. The first-order valence-electron chi connectivity index (χ1n) is 9.18. The molecule has 0 amide bonds. The van der Waals surface area contributed by atoms with Gasteiger partial charge in [0.15, 0.2) is 5.65 Å². The molecule has 2 aromatic heterocycles. The molecule has 0 aliphatic rings. The Morgan fingerprint density at radius 1 is 0.889 bits per heavy atom. The quantitative estimate of drug-likeness (QED) is 0.546. The van der Waals surface area contributed by atoms with Crippen LogP contribution in [-0.2, 0) is 0 Å². The molecule has 27 heavy (non-hydrogen) atoms. The van der Waals surface area contributed by atoms with E-state index in [-0.39, 0.29) is 17.5 Å². The van der Waals surface area contributed by atoms with Crippen LogP contribution in [0.1, 0.15) is 44.1 Å². The summed E-state index contributed by atoms with van der Waals surface area (Å²) in [4.78, 5) is 18.3. The Kier molecular flexibility index (Phi) is 4.36. The normalized spacial score (nSPS) is 12.6. The molecule has 5 nitrogen and oxygen atoms in total. The predicted molar refractivity (Wildman–Crippen MR) is 107 cm³/mol. The fraction of sp³-hybridized carbons (Fsp3) is 0.227. The van der Waals surface area contributed by atoms with E-state index in [1.54, 1.807) is 15.4 Å². The molecule has 0 radical (unpaired) electrons. The van der Waals surface area contributed by atoms with E-state index in [1.165, 1.54) is 0 Å². The molecule has 2 aromatic carbocycles. The van der Waals surface area contributed by atoms with Crippen molar-refractivity contribution >= 4 is 11.0 Å². The second-order valence-electron chi connectivity index (χ2n) is 7.02. The smallest absolute Gasteiger partial charge is 0.265 e. The molecule has 4 aromatic rings. The molecule has 0 N–H and O–H groups in total. The molecule has 0 fully saturated rings. The molecule has 0 unspecified atom stereocenters. The monoisotopic (exact) mass is 358 g/mol. The first-order valence-corrected chi connectivity index (χ1v) is 9.18. The summed E-state index contributed by atoms with van der Waals surface area (Å²) in [6.45, 7) is 6.16. The maximum absolute atomic E-state index is 13.4. The molecule has 136 valence electrons. The Labute approximate surface area is 157 Å². The number of benzene rings is 2. The highest BCUT2D eigenvalue weighted by atomic mass is 16.1. The van der Waals surface area contributed by atoms with Crippen molar-refractivity contribution in [3.05, 3.63) is 88.6 Å². The van der Waals surface area contributed by atoms with Crippen LogP contribution in [0.15, 0.2) is 71.7 Å². The number of nitrogens with zero attached hydrogens (tertiary/aromatic N) is 4. The van der Waals surface area contributed by atoms with Gasteiger partial charge in [0.05, 0.1) is 17.9 Å². The van der Waals surface area contributed by atoms with Crippen LogP contribution in [0.4, 0.5) is 0 Å². The van der Waals surface area contributed by atoms with E-state index in [0.717, 1.165) is 17.1 Å². The van der Waals surface area contributed by atoms with Gasteiger partial charge in [-0.3, -0.25) is 9.36 Å². The van der Waals surface area contributed by atoms with Gasteiger partial charge < -0.3 is 0 Å². The van der Waals surface area contributed by atoms with Gasteiger partial charge in [-0.15, -0.1) is 0 Å². The van der Waals surface area contributed by atoms with Gasteiger partial charge in [-0.05, 0) is 24.6 Å². The van der Waals surface area contributed by atoms with Crippen LogP contribution < -0.4 is 5.56 Å². The van der Waals surface area contributed by atoms with E-state index >= 15 is 0 Å². The zero-order valence-corrected chi connectivity index (χ0v) is 15.7. The fourth-order valence-electron chi connectivity index (χ4n) is 3.42. The van der Waals surface area contributed by atoms with E-state index < -0.39 is 0 Å². The summed E-state index contributed by atoms with van der Waals surface area (Å²) < 4.78 is 3.54. The van der Waals surface area contributed by atoms with Crippen LogP contribution in [0.5, 0.6) is 0 Å². The van der Waals surface area contributed by atoms with Gasteiger partial charge in [0, 0.05) is 5.92 Å².